The van der Waals surface area contributed by atoms with E-state index in [2.05, 4.69) is 64.9 Å². The second kappa shape index (κ2) is 4.86. The quantitative estimate of drug-likeness (QED) is 0.461. The van der Waals surface area contributed by atoms with Crippen LogP contribution in [0.3, 0.4) is 0 Å². The first-order chi connectivity index (χ1) is 11.8. The molecule has 0 atom stereocenters. The summed E-state index contributed by atoms with van der Waals surface area (Å²) >= 11 is 0. The van der Waals surface area contributed by atoms with Crippen molar-refractivity contribution in [1.82, 2.24) is 19.8 Å². The highest BCUT2D eigenvalue weighted by molar-refractivity contribution is 6.03. The van der Waals surface area contributed by atoms with Gasteiger partial charge in [-0.05, 0) is 23.8 Å². The van der Waals surface area contributed by atoms with Crippen LogP contribution in [0.15, 0.2) is 66.7 Å². The van der Waals surface area contributed by atoms with Crippen molar-refractivity contribution in [2.24, 2.45) is 0 Å². The maximum atomic E-state index is 4.92. The molecule has 4 nitrogen and oxygen atoms in total. The number of hydrogen-bond acceptors (Lipinski definition) is 3. The number of fused-ring (bicyclic) bond motifs is 4. The third-order valence-corrected chi connectivity index (χ3v) is 4.46. The van der Waals surface area contributed by atoms with Crippen LogP contribution in [0.1, 0.15) is 5.69 Å². The summed E-state index contributed by atoms with van der Waals surface area (Å²) in [5, 5.41) is 11.9. The van der Waals surface area contributed by atoms with E-state index in [1.165, 1.54) is 10.8 Å². The Balaban J connectivity index is 1.99. The minimum atomic E-state index is 0.802. The predicted octanol–water partition coefficient (Wildman–Crippen LogP) is 4.41. The second-order valence-electron chi connectivity index (χ2n) is 5.91. The van der Waals surface area contributed by atoms with Gasteiger partial charge in [0, 0.05) is 10.9 Å². The lowest BCUT2D eigenvalue weighted by atomic mass is 9.99. The van der Waals surface area contributed by atoms with Gasteiger partial charge in [-0.25, -0.2) is 4.98 Å². The largest absolute Gasteiger partial charge is 0.226 e. The predicted molar refractivity (Wildman–Crippen MR) is 96.0 cm³/mol. The van der Waals surface area contributed by atoms with E-state index >= 15 is 0 Å². The zero-order chi connectivity index (χ0) is 16.1. The molecule has 0 spiro atoms. The van der Waals surface area contributed by atoms with E-state index in [1.54, 1.807) is 0 Å². The van der Waals surface area contributed by atoms with Gasteiger partial charge in [0.2, 0.25) is 0 Å². The summed E-state index contributed by atoms with van der Waals surface area (Å²) < 4.78 is 1.82. The summed E-state index contributed by atoms with van der Waals surface area (Å²) in [6, 6.07) is 23.0. The van der Waals surface area contributed by atoms with Crippen LogP contribution in [0.4, 0.5) is 0 Å². The van der Waals surface area contributed by atoms with Gasteiger partial charge in [0.05, 0.1) is 11.2 Å². The Kier molecular flexibility index (Phi) is 2.67. The van der Waals surface area contributed by atoms with Crippen molar-refractivity contribution in [3.63, 3.8) is 0 Å². The van der Waals surface area contributed by atoms with Crippen LogP contribution < -0.4 is 0 Å². The summed E-state index contributed by atoms with van der Waals surface area (Å²) in [4.78, 5) is 4.92. The standard InChI is InChI=1S/C20H14N4/c1-13-20-21-19(16-11-6-8-14-7-2-3-9-15(14)16)17-10-4-5-12-18(17)24(20)23-22-13/h2-12H,1H3. The van der Waals surface area contributed by atoms with E-state index in [-0.39, 0.29) is 0 Å². The zero-order valence-electron chi connectivity index (χ0n) is 13.1. The van der Waals surface area contributed by atoms with Gasteiger partial charge < -0.3 is 0 Å². The molecule has 0 bridgehead atoms. The van der Waals surface area contributed by atoms with E-state index in [0.29, 0.717) is 0 Å². The van der Waals surface area contributed by atoms with Gasteiger partial charge in [-0.1, -0.05) is 65.9 Å². The fourth-order valence-corrected chi connectivity index (χ4v) is 3.30. The maximum absolute atomic E-state index is 4.92. The Labute approximate surface area is 138 Å². The van der Waals surface area contributed by atoms with Crippen molar-refractivity contribution in [3.05, 3.63) is 72.4 Å². The molecular formula is C20H14N4. The Morgan fingerprint density at radius 2 is 1.54 bits per heavy atom. The number of para-hydroxylation sites is 1. The molecule has 114 valence electrons. The summed E-state index contributed by atoms with van der Waals surface area (Å²) in [5.74, 6) is 0. The van der Waals surface area contributed by atoms with Crippen molar-refractivity contribution in [3.8, 4) is 11.3 Å². The van der Waals surface area contributed by atoms with Crippen LogP contribution >= 0.6 is 0 Å². The third-order valence-electron chi connectivity index (χ3n) is 4.46. The first-order valence-electron chi connectivity index (χ1n) is 7.92. The Morgan fingerprint density at radius 1 is 0.792 bits per heavy atom. The SMILES string of the molecule is Cc1nnn2c1nc(-c1cccc3ccccc13)c1ccccc12. The van der Waals surface area contributed by atoms with E-state index in [4.69, 9.17) is 4.98 Å². The lowest BCUT2D eigenvalue weighted by molar-refractivity contribution is 0.869. The lowest BCUT2D eigenvalue weighted by Crippen LogP contribution is -1.97. The molecule has 0 unspecified atom stereocenters. The number of aromatic nitrogens is 4. The van der Waals surface area contributed by atoms with E-state index in [0.717, 1.165) is 33.5 Å². The topological polar surface area (TPSA) is 43.1 Å². The summed E-state index contributed by atoms with van der Waals surface area (Å²) in [7, 11) is 0. The van der Waals surface area contributed by atoms with Crippen LogP contribution in [0.25, 0.3) is 38.6 Å². The Bertz CT molecular complexity index is 1220. The molecule has 3 aromatic carbocycles. The molecule has 2 aromatic heterocycles. The van der Waals surface area contributed by atoms with Crippen molar-refractivity contribution in [2.45, 2.75) is 6.92 Å². The monoisotopic (exact) mass is 310 g/mol. The first-order valence-corrected chi connectivity index (χ1v) is 7.92. The fraction of sp³-hybridized carbons (Fsp3) is 0.0500. The normalized spacial score (nSPS) is 11.5. The molecule has 0 N–H and O–H groups in total. The molecule has 5 aromatic rings. The van der Waals surface area contributed by atoms with Crippen molar-refractivity contribution in [2.75, 3.05) is 0 Å². The molecule has 0 saturated heterocycles. The lowest BCUT2D eigenvalue weighted by Gasteiger charge is -2.10. The molecule has 0 saturated carbocycles. The van der Waals surface area contributed by atoms with Crippen LogP contribution in [0.5, 0.6) is 0 Å². The molecule has 5 rings (SSSR count). The smallest absolute Gasteiger partial charge is 0.179 e. The van der Waals surface area contributed by atoms with Gasteiger partial charge in [0.25, 0.3) is 0 Å². The van der Waals surface area contributed by atoms with Crippen molar-refractivity contribution < 1.29 is 0 Å². The first kappa shape index (κ1) is 13.2. The van der Waals surface area contributed by atoms with Crippen molar-refractivity contribution >= 4 is 27.3 Å². The molecule has 4 heteroatoms. The number of benzene rings is 3. The highest BCUT2D eigenvalue weighted by Crippen LogP contribution is 2.33. The van der Waals surface area contributed by atoms with Crippen molar-refractivity contribution in [1.29, 1.82) is 0 Å². The number of rotatable bonds is 1. The summed E-state index contributed by atoms with van der Waals surface area (Å²) in [5.41, 5.74) is 4.76. The molecule has 2 heterocycles. The Hall–Kier alpha value is -3.27. The molecule has 0 radical (unpaired) electrons. The molecule has 0 amide bonds. The van der Waals surface area contributed by atoms with Crippen LogP contribution in [-0.4, -0.2) is 19.8 Å². The molecule has 0 aliphatic carbocycles. The second-order valence-corrected chi connectivity index (χ2v) is 5.91. The highest BCUT2D eigenvalue weighted by atomic mass is 15.4. The highest BCUT2D eigenvalue weighted by Gasteiger charge is 2.14. The molecule has 0 aliphatic heterocycles. The minimum absolute atomic E-state index is 0.802. The summed E-state index contributed by atoms with van der Waals surface area (Å²) in [6.45, 7) is 1.94. The van der Waals surface area contributed by atoms with Crippen LogP contribution in [0.2, 0.25) is 0 Å². The van der Waals surface area contributed by atoms with Gasteiger partial charge in [-0.15, -0.1) is 5.10 Å². The minimum Gasteiger partial charge on any atom is -0.226 e. The number of aryl methyl sites for hydroxylation is 1. The summed E-state index contributed by atoms with van der Waals surface area (Å²) in [6.07, 6.45) is 0. The van der Waals surface area contributed by atoms with Crippen LogP contribution in [0, 0.1) is 6.92 Å². The van der Waals surface area contributed by atoms with Gasteiger partial charge >= 0.3 is 0 Å². The fourth-order valence-electron chi connectivity index (χ4n) is 3.30. The zero-order valence-corrected chi connectivity index (χ0v) is 13.1. The molecule has 0 aliphatic rings. The molecular weight excluding hydrogens is 296 g/mol. The maximum Gasteiger partial charge on any atom is 0.179 e. The Morgan fingerprint density at radius 3 is 2.46 bits per heavy atom. The van der Waals surface area contributed by atoms with Crippen LogP contribution in [-0.2, 0) is 0 Å². The molecule has 24 heavy (non-hydrogen) atoms. The third kappa shape index (κ3) is 1.77. The van der Waals surface area contributed by atoms with E-state index in [9.17, 15) is 0 Å². The van der Waals surface area contributed by atoms with Gasteiger partial charge in [-0.2, -0.15) is 4.52 Å². The van der Waals surface area contributed by atoms with Gasteiger partial charge in [0.1, 0.15) is 5.69 Å². The van der Waals surface area contributed by atoms with E-state index in [1.807, 2.05) is 23.6 Å². The average Bonchev–Trinajstić information content (AvgIpc) is 3.02. The average molecular weight is 310 g/mol. The van der Waals surface area contributed by atoms with Gasteiger partial charge in [-0.3, -0.25) is 0 Å². The van der Waals surface area contributed by atoms with Gasteiger partial charge in [0.15, 0.2) is 5.65 Å². The van der Waals surface area contributed by atoms with E-state index < -0.39 is 0 Å². The number of nitrogens with zero attached hydrogens (tertiary/aromatic N) is 4. The molecule has 0 fully saturated rings. The number of hydrogen-bond donors (Lipinski definition) is 0.